The first kappa shape index (κ1) is 12.8. The summed E-state index contributed by atoms with van der Waals surface area (Å²) in [4.78, 5) is 0. The van der Waals surface area contributed by atoms with E-state index < -0.39 is 30.7 Å². The highest BCUT2D eigenvalue weighted by Gasteiger charge is 2.45. The lowest BCUT2D eigenvalue weighted by Crippen LogP contribution is -2.60. The van der Waals surface area contributed by atoms with Gasteiger partial charge in [0.2, 0.25) is 0 Å². The van der Waals surface area contributed by atoms with Crippen molar-refractivity contribution in [3.05, 3.63) is 0 Å². The topological polar surface area (TPSA) is 77.4 Å². The number of rotatable bonds is 4. The summed E-state index contributed by atoms with van der Waals surface area (Å²) in [6.45, 7) is -0.244. The molecule has 1 fully saturated rings. The fraction of sp³-hybridized carbons (Fsp3) is 1.00. The zero-order chi connectivity index (χ0) is 11.4. The zero-order valence-corrected chi connectivity index (χ0v) is 9.12. The van der Waals surface area contributed by atoms with E-state index in [1.165, 1.54) is 21.3 Å². The second-order valence-electron chi connectivity index (χ2n) is 3.35. The van der Waals surface area contributed by atoms with Crippen molar-refractivity contribution in [1.29, 1.82) is 0 Å². The van der Waals surface area contributed by atoms with Crippen LogP contribution in [-0.2, 0) is 18.9 Å². The molecule has 0 unspecified atom stereocenters. The molecule has 2 N–H and O–H groups in total. The van der Waals surface area contributed by atoms with E-state index in [9.17, 15) is 5.11 Å². The standard InChI is InChI=1S/C9H18O6/c1-12-7-5(4-10)15-9(14-3)8(13-2)6(7)11/h5-11H,4H2,1-3H3/t5-,6-,7+,8-,9-/m0/s1. The van der Waals surface area contributed by atoms with Crippen LogP contribution in [-0.4, -0.2) is 68.9 Å². The number of aliphatic hydroxyl groups excluding tert-OH is 2. The van der Waals surface area contributed by atoms with E-state index in [2.05, 4.69) is 0 Å². The summed E-state index contributed by atoms with van der Waals surface area (Å²) in [5.41, 5.74) is 0. The summed E-state index contributed by atoms with van der Waals surface area (Å²) in [7, 11) is 4.35. The van der Waals surface area contributed by atoms with Crippen LogP contribution in [0, 0.1) is 0 Å². The molecule has 6 nitrogen and oxygen atoms in total. The van der Waals surface area contributed by atoms with E-state index in [-0.39, 0.29) is 6.61 Å². The Kier molecular flexibility index (Phi) is 4.91. The van der Waals surface area contributed by atoms with Crippen molar-refractivity contribution in [2.24, 2.45) is 0 Å². The molecule has 15 heavy (non-hydrogen) atoms. The van der Waals surface area contributed by atoms with Gasteiger partial charge in [-0.3, -0.25) is 0 Å². The van der Waals surface area contributed by atoms with Crippen LogP contribution in [0.3, 0.4) is 0 Å². The molecule has 6 heteroatoms. The van der Waals surface area contributed by atoms with Crippen LogP contribution >= 0.6 is 0 Å². The summed E-state index contributed by atoms with van der Waals surface area (Å²) in [5, 5.41) is 19.0. The van der Waals surface area contributed by atoms with E-state index in [4.69, 9.17) is 24.1 Å². The first-order valence-corrected chi connectivity index (χ1v) is 4.72. The van der Waals surface area contributed by atoms with Crippen LogP contribution in [0.5, 0.6) is 0 Å². The van der Waals surface area contributed by atoms with Crippen LogP contribution in [0.25, 0.3) is 0 Å². The van der Waals surface area contributed by atoms with Gasteiger partial charge in [-0.2, -0.15) is 0 Å². The lowest BCUT2D eigenvalue weighted by molar-refractivity contribution is -0.302. The molecule has 0 bridgehead atoms. The molecule has 0 radical (unpaired) electrons. The highest BCUT2D eigenvalue weighted by molar-refractivity contribution is 4.90. The fourth-order valence-electron chi connectivity index (χ4n) is 1.77. The van der Waals surface area contributed by atoms with Crippen molar-refractivity contribution in [1.82, 2.24) is 0 Å². The van der Waals surface area contributed by atoms with Gasteiger partial charge in [0.05, 0.1) is 6.61 Å². The second-order valence-corrected chi connectivity index (χ2v) is 3.35. The van der Waals surface area contributed by atoms with Crippen molar-refractivity contribution in [2.75, 3.05) is 27.9 Å². The smallest absolute Gasteiger partial charge is 0.186 e. The zero-order valence-electron chi connectivity index (χ0n) is 9.12. The van der Waals surface area contributed by atoms with Gasteiger partial charge in [-0.15, -0.1) is 0 Å². The predicted octanol–water partition coefficient (Wildman–Crippen LogP) is -1.26. The Morgan fingerprint density at radius 3 is 2.07 bits per heavy atom. The average Bonchev–Trinajstić information content (AvgIpc) is 2.27. The monoisotopic (exact) mass is 222 g/mol. The van der Waals surface area contributed by atoms with Gasteiger partial charge in [-0.05, 0) is 0 Å². The normalized spacial score (nSPS) is 41.8. The molecule has 0 aromatic rings. The predicted molar refractivity (Wildman–Crippen MR) is 50.4 cm³/mol. The Hall–Kier alpha value is -0.240. The van der Waals surface area contributed by atoms with Gasteiger partial charge in [0.1, 0.15) is 24.4 Å². The molecule has 0 amide bonds. The van der Waals surface area contributed by atoms with Crippen LogP contribution in [0.15, 0.2) is 0 Å². The average molecular weight is 222 g/mol. The van der Waals surface area contributed by atoms with E-state index in [0.717, 1.165) is 0 Å². The summed E-state index contributed by atoms with van der Waals surface area (Å²) in [5.74, 6) is 0. The van der Waals surface area contributed by atoms with E-state index in [1.807, 2.05) is 0 Å². The molecule has 0 spiro atoms. The quantitative estimate of drug-likeness (QED) is 0.618. The molecule has 5 atom stereocenters. The molecule has 0 aliphatic carbocycles. The highest BCUT2D eigenvalue weighted by Crippen LogP contribution is 2.25. The maximum atomic E-state index is 9.91. The summed E-state index contributed by atoms with van der Waals surface area (Å²) in [6, 6.07) is 0. The van der Waals surface area contributed by atoms with Crippen LogP contribution in [0.1, 0.15) is 0 Å². The lowest BCUT2D eigenvalue weighted by atomic mass is 9.99. The number of ether oxygens (including phenoxy) is 4. The number of hydrogen-bond acceptors (Lipinski definition) is 6. The Balaban J connectivity index is 2.76. The van der Waals surface area contributed by atoms with Gasteiger partial charge in [-0.1, -0.05) is 0 Å². The molecule has 0 aromatic carbocycles. The Bertz CT molecular complexity index is 169. The third kappa shape index (κ3) is 2.47. The van der Waals surface area contributed by atoms with Crippen LogP contribution in [0.4, 0.5) is 0 Å². The first-order valence-electron chi connectivity index (χ1n) is 4.72. The minimum atomic E-state index is -0.893. The van der Waals surface area contributed by atoms with Crippen molar-refractivity contribution < 1.29 is 29.2 Å². The maximum Gasteiger partial charge on any atom is 0.186 e. The fourth-order valence-corrected chi connectivity index (χ4v) is 1.77. The molecule has 1 aliphatic rings. The lowest BCUT2D eigenvalue weighted by Gasteiger charge is -2.42. The van der Waals surface area contributed by atoms with Gasteiger partial charge in [0, 0.05) is 21.3 Å². The van der Waals surface area contributed by atoms with Gasteiger partial charge >= 0.3 is 0 Å². The van der Waals surface area contributed by atoms with Crippen LogP contribution in [0.2, 0.25) is 0 Å². The molecule has 1 rings (SSSR count). The maximum absolute atomic E-state index is 9.91. The van der Waals surface area contributed by atoms with E-state index in [1.54, 1.807) is 0 Å². The minimum absolute atomic E-state index is 0.244. The van der Waals surface area contributed by atoms with Crippen molar-refractivity contribution in [2.45, 2.75) is 30.7 Å². The van der Waals surface area contributed by atoms with Crippen molar-refractivity contribution in [3.63, 3.8) is 0 Å². The minimum Gasteiger partial charge on any atom is -0.394 e. The molecule has 0 aromatic heterocycles. The number of aliphatic hydroxyl groups is 2. The molecular weight excluding hydrogens is 204 g/mol. The van der Waals surface area contributed by atoms with E-state index >= 15 is 0 Å². The SMILES string of the molecule is CO[C@H]1O[C@@H](CO)[C@@H](OC)[C@H](O)[C@@H]1OC. The largest absolute Gasteiger partial charge is 0.394 e. The second kappa shape index (κ2) is 5.74. The van der Waals surface area contributed by atoms with Gasteiger partial charge < -0.3 is 29.2 Å². The molecule has 1 heterocycles. The highest BCUT2D eigenvalue weighted by atomic mass is 16.7. The number of methoxy groups -OCH3 is 3. The summed E-state index contributed by atoms with van der Waals surface area (Å²) in [6.07, 6.45) is -3.44. The Morgan fingerprint density at radius 1 is 1.07 bits per heavy atom. The summed E-state index contributed by atoms with van der Waals surface area (Å²) < 4.78 is 20.5. The van der Waals surface area contributed by atoms with Crippen molar-refractivity contribution in [3.8, 4) is 0 Å². The van der Waals surface area contributed by atoms with Crippen LogP contribution < -0.4 is 0 Å². The molecule has 1 saturated heterocycles. The summed E-state index contributed by atoms with van der Waals surface area (Å²) >= 11 is 0. The molecule has 0 saturated carbocycles. The van der Waals surface area contributed by atoms with Gasteiger partial charge in [0.15, 0.2) is 6.29 Å². The Labute approximate surface area is 88.7 Å². The van der Waals surface area contributed by atoms with E-state index in [0.29, 0.717) is 0 Å². The third-order valence-electron chi connectivity index (χ3n) is 2.57. The van der Waals surface area contributed by atoms with Gasteiger partial charge in [0.25, 0.3) is 0 Å². The molecular formula is C9H18O6. The third-order valence-corrected chi connectivity index (χ3v) is 2.57. The Morgan fingerprint density at radius 2 is 1.67 bits per heavy atom. The first-order chi connectivity index (χ1) is 7.19. The van der Waals surface area contributed by atoms with Gasteiger partial charge in [-0.25, -0.2) is 0 Å². The molecule has 1 aliphatic heterocycles. The van der Waals surface area contributed by atoms with Crippen molar-refractivity contribution >= 4 is 0 Å². The molecule has 90 valence electrons. The number of hydrogen-bond donors (Lipinski definition) is 2.